The summed E-state index contributed by atoms with van der Waals surface area (Å²) in [5.41, 5.74) is 0.100. The summed E-state index contributed by atoms with van der Waals surface area (Å²) in [7, 11) is 0. The summed E-state index contributed by atoms with van der Waals surface area (Å²) in [5.74, 6) is -0.610. The van der Waals surface area contributed by atoms with Gasteiger partial charge in [-0.2, -0.15) is 9.78 Å². The highest BCUT2D eigenvalue weighted by Crippen LogP contribution is 2.44. The zero-order valence-corrected chi connectivity index (χ0v) is 17.1. The maximum atomic E-state index is 6.01. The van der Waals surface area contributed by atoms with Crippen molar-refractivity contribution in [1.29, 1.82) is 0 Å². The second-order valence-electron chi connectivity index (χ2n) is 9.16. The summed E-state index contributed by atoms with van der Waals surface area (Å²) in [5, 5.41) is 0. The van der Waals surface area contributed by atoms with Crippen LogP contribution in [0.1, 0.15) is 69.2 Å². The monoisotopic (exact) mass is 340 g/mol. The van der Waals surface area contributed by atoms with Crippen LogP contribution in [0.5, 0.6) is 0 Å². The molecule has 0 N–H and O–H groups in total. The summed E-state index contributed by atoms with van der Waals surface area (Å²) in [6.07, 6.45) is 6.22. The first kappa shape index (κ1) is 21.4. The Morgan fingerprint density at radius 2 is 1.33 bits per heavy atom. The van der Waals surface area contributed by atoms with Gasteiger partial charge in [-0.05, 0) is 59.0 Å². The third kappa shape index (κ3) is 5.69. The van der Waals surface area contributed by atoms with Crippen molar-refractivity contribution < 1.29 is 19.6 Å². The average Bonchev–Trinajstić information content (AvgIpc) is 2.40. The van der Waals surface area contributed by atoms with Gasteiger partial charge in [0.25, 0.3) is 5.79 Å². The molecule has 0 aromatic carbocycles. The van der Waals surface area contributed by atoms with Crippen LogP contribution >= 0.6 is 0 Å². The maximum Gasteiger partial charge on any atom is 0.262 e. The van der Waals surface area contributed by atoms with Crippen molar-refractivity contribution in [2.24, 2.45) is 17.8 Å². The fourth-order valence-electron chi connectivity index (χ4n) is 2.57. The van der Waals surface area contributed by atoms with E-state index in [1.165, 1.54) is 0 Å². The van der Waals surface area contributed by atoms with E-state index in [0.717, 1.165) is 5.57 Å². The van der Waals surface area contributed by atoms with Gasteiger partial charge in [-0.3, -0.25) is 0 Å². The molecule has 0 saturated carbocycles. The molecule has 0 radical (unpaired) electrons. The van der Waals surface area contributed by atoms with E-state index in [9.17, 15) is 0 Å². The molecule has 1 atom stereocenters. The number of rotatable bonds is 6. The van der Waals surface area contributed by atoms with Crippen molar-refractivity contribution in [3.8, 4) is 0 Å². The molecule has 0 amide bonds. The van der Waals surface area contributed by atoms with Crippen LogP contribution in [-0.4, -0.2) is 17.0 Å². The summed E-state index contributed by atoms with van der Waals surface area (Å²) in [6, 6.07) is 0. The standard InChI is InChI=1S/C20H36O4/c1-14(2)16-12-11-13-17(15(3)4)20(16,23-21-18(5,6)7)24-22-19(8,9)10/h11-16H,1-10H3. The lowest BCUT2D eigenvalue weighted by molar-refractivity contribution is -0.540. The lowest BCUT2D eigenvalue weighted by atomic mass is 9.76. The molecule has 0 bridgehead atoms. The summed E-state index contributed by atoms with van der Waals surface area (Å²) in [4.78, 5) is 23.5. The van der Waals surface area contributed by atoms with Crippen LogP contribution in [0.2, 0.25) is 0 Å². The quantitative estimate of drug-likeness (QED) is 0.358. The molecule has 0 saturated heterocycles. The smallest absolute Gasteiger partial charge is 0.227 e. The van der Waals surface area contributed by atoms with Gasteiger partial charge in [0.05, 0.1) is 11.2 Å². The highest BCUT2D eigenvalue weighted by molar-refractivity contribution is 5.30. The molecule has 0 aliphatic heterocycles. The van der Waals surface area contributed by atoms with E-state index >= 15 is 0 Å². The van der Waals surface area contributed by atoms with Gasteiger partial charge in [-0.1, -0.05) is 45.9 Å². The Morgan fingerprint density at radius 1 is 0.875 bits per heavy atom. The Morgan fingerprint density at radius 3 is 1.67 bits per heavy atom. The van der Waals surface area contributed by atoms with Gasteiger partial charge in [0, 0.05) is 5.92 Å². The first-order chi connectivity index (χ1) is 10.8. The van der Waals surface area contributed by atoms with Crippen LogP contribution in [0.4, 0.5) is 0 Å². The predicted octanol–water partition coefficient (Wildman–Crippen LogP) is 5.60. The van der Waals surface area contributed by atoms with Crippen LogP contribution in [0.15, 0.2) is 23.8 Å². The Hall–Kier alpha value is -0.680. The van der Waals surface area contributed by atoms with E-state index in [1.807, 2.05) is 47.6 Å². The minimum Gasteiger partial charge on any atom is -0.227 e. The third-order valence-corrected chi connectivity index (χ3v) is 3.61. The van der Waals surface area contributed by atoms with Gasteiger partial charge >= 0.3 is 0 Å². The van der Waals surface area contributed by atoms with Crippen LogP contribution < -0.4 is 0 Å². The molecule has 4 nitrogen and oxygen atoms in total. The van der Waals surface area contributed by atoms with Crippen molar-refractivity contribution in [1.82, 2.24) is 0 Å². The van der Waals surface area contributed by atoms with E-state index in [0.29, 0.717) is 0 Å². The van der Waals surface area contributed by atoms with E-state index in [2.05, 4.69) is 39.8 Å². The number of hydrogen-bond donors (Lipinski definition) is 0. The molecule has 0 aromatic heterocycles. The first-order valence-corrected chi connectivity index (χ1v) is 8.91. The van der Waals surface area contributed by atoms with Gasteiger partial charge in [0.1, 0.15) is 0 Å². The molecule has 1 aliphatic carbocycles. The molecular formula is C20H36O4. The highest BCUT2D eigenvalue weighted by atomic mass is 17.3. The lowest BCUT2D eigenvalue weighted by Crippen LogP contribution is -2.51. The molecule has 0 heterocycles. The zero-order chi connectivity index (χ0) is 18.8. The summed E-state index contributed by atoms with van der Waals surface area (Å²) < 4.78 is 0. The molecule has 4 heteroatoms. The van der Waals surface area contributed by atoms with Crippen LogP contribution in [-0.2, 0) is 19.6 Å². The summed E-state index contributed by atoms with van der Waals surface area (Å²) in [6.45, 7) is 20.2. The normalized spacial score (nSPS) is 21.5. The molecule has 0 spiro atoms. The highest BCUT2D eigenvalue weighted by Gasteiger charge is 2.51. The van der Waals surface area contributed by atoms with E-state index in [4.69, 9.17) is 19.6 Å². The SMILES string of the molecule is CC(C)C1=CC=CC(C(C)C)C1(OOC(C)(C)C)OOC(C)(C)C. The molecule has 0 fully saturated rings. The first-order valence-electron chi connectivity index (χ1n) is 8.91. The molecule has 24 heavy (non-hydrogen) atoms. The van der Waals surface area contributed by atoms with E-state index in [1.54, 1.807) is 0 Å². The zero-order valence-electron chi connectivity index (χ0n) is 17.1. The van der Waals surface area contributed by atoms with Gasteiger partial charge in [-0.15, -0.1) is 0 Å². The number of hydrogen-bond acceptors (Lipinski definition) is 4. The molecule has 0 aromatic rings. The van der Waals surface area contributed by atoms with Gasteiger partial charge < -0.3 is 0 Å². The van der Waals surface area contributed by atoms with Gasteiger partial charge in [0.15, 0.2) is 0 Å². The fraction of sp³-hybridized carbons (Fsp3) is 0.800. The molecule has 1 unspecified atom stereocenters. The van der Waals surface area contributed by atoms with Crippen LogP contribution in [0, 0.1) is 17.8 Å². The van der Waals surface area contributed by atoms with Gasteiger partial charge in [0.2, 0.25) is 0 Å². The second-order valence-corrected chi connectivity index (χ2v) is 9.16. The Bertz CT molecular complexity index is 443. The lowest BCUT2D eigenvalue weighted by Gasteiger charge is -2.44. The van der Waals surface area contributed by atoms with E-state index in [-0.39, 0.29) is 17.8 Å². The van der Waals surface area contributed by atoms with Crippen molar-refractivity contribution in [2.75, 3.05) is 0 Å². The molecular weight excluding hydrogens is 304 g/mol. The van der Waals surface area contributed by atoms with Crippen molar-refractivity contribution in [3.05, 3.63) is 23.8 Å². The Balaban J connectivity index is 3.30. The second kappa shape index (κ2) is 7.69. The Kier molecular flexibility index (Phi) is 6.85. The van der Waals surface area contributed by atoms with Crippen molar-refractivity contribution in [3.63, 3.8) is 0 Å². The fourth-order valence-corrected chi connectivity index (χ4v) is 2.57. The minimum absolute atomic E-state index is 0.0235. The largest absolute Gasteiger partial charge is 0.262 e. The van der Waals surface area contributed by atoms with Crippen LogP contribution in [0.3, 0.4) is 0 Å². The average molecular weight is 341 g/mol. The Labute approximate surface area is 148 Å². The predicted molar refractivity (Wildman–Crippen MR) is 97.0 cm³/mol. The molecule has 140 valence electrons. The number of allylic oxidation sites excluding steroid dienone is 2. The minimum atomic E-state index is -1.10. The molecule has 1 aliphatic rings. The third-order valence-electron chi connectivity index (χ3n) is 3.61. The van der Waals surface area contributed by atoms with Crippen molar-refractivity contribution >= 4 is 0 Å². The van der Waals surface area contributed by atoms with Crippen LogP contribution in [0.25, 0.3) is 0 Å². The van der Waals surface area contributed by atoms with E-state index < -0.39 is 17.0 Å². The molecule has 1 rings (SSSR count). The topological polar surface area (TPSA) is 36.9 Å². The maximum absolute atomic E-state index is 6.01. The van der Waals surface area contributed by atoms with Gasteiger partial charge in [-0.25, -0.2) is 9.78 Å². The van der Waals surface area contributed by atoms with Crippen molar-refractivity contribution in [2.45, 2.75) is 86.2 Å². The summed E-state index contributed by atoms with van der Waals surface area (Å²) >= 11 is 0.